The summed E-state index contributed by atoms with van der Waals surface area (Å²) in [5.74, 6) is 2.46. The molecule has 0 fully saturated rings. The number of hydrogen-bond acceptors (Lipinski definition) is 4. The Morgan fingerprint density at radius 2 is 0.857 bits per heavy atom. The van der Waals surface area contributed by atoms with Gasteiger partial charge in [-0.1, -0.05) is 47.8 Å². The smallest absolute Gasteiger partial charge is 0.188 e. The summed E-state index contributed by atoms with van der Waals surface area (Å²) in [6.45, 7) is 0. The van der Waals surface area contributed by atoms with Crippen LogP contribution >= 0.6 is 47.8 Å². The maximum atomic E-state index is 6.47. The molecule has 0 radical (unpaired) electrons. The molecule has 3 heterocycles. The molecule has 0 amide bonds. The van der Waals surface area contributed by atoms with Crippen molar-refractivity contribution in [2.24, 2.45) is 0 Å². The van der Waals surface area contributed by atoms with E-state index in [2.05, 4.69) is 52.7 Å². The van der Waals surface area contributed by atoms with Crippen molar-refractivity contribution in [1.82, 2.24) is 4.90 Å². The first-order chi connectivity index (χ1) is 13.6. The third-order valence-corrected chi connectivity index (χ3v) is 6.72. The van der Waals surface area contributed by atoms with Crippen molar-refractivity contribution in [2.45, 2.75) is 18.7 Å². The molecule has 3 aliphatic heterocycles. The summed E-state index contributed by atoms with van der Waals surface area (Å²) in [7, 11) is 0. The second-order valence-corrected chi connectivity index (χ2v) is 9.65. The fourth-order valence-electron chi connectivity index (χ4n) is 4.04. The first kappa shape index (κ1) is 17.3. The van der Waals surface area contributed by atoms with Crippen LogP contribution in [0, 0.1) is 0 Å². The van der Waals surface area contributed by atoms with E-state index in [1.165, 1.54) is 0 Å². The summed E-state index contributed by atoms with van der Waals surface area (Å²) in [5, 5.41) is 0. The zero-order chi connectivity index (χ0) is 19.0. The fourth-order valence-corrected chi connectivity index (χ4v) is 5.18. The third kappa shape index (κ3) is 2.49. The summed E-state index contributed by atoms with van der Waals surface area (Å²) in [4.78, 5) is 2.15. The van der Waals surface area contributed by atoms with E-state index in [1.807, 2.05) is 54.6 Å². The SMILES string of the molecule is Brc1ccc2c(c1)[C@H]1Oc3ccc(Br)cc3[C@@H]3Oc4ccc(Br)cc4[C@H](O2)N13. The summed E-state index contributed by atoms with van der Waals surface area (Å²) >= 11 is 10.7. The highest BCUT2D eigenvalue weighted by Crippen LogP contribution is 2.56. The van der Waals surface area contributed by atoms with Crippen LogP contribution in [-0.4, -0.2) is 4.90 Å². The number of rotatable bonds is 0. The van der Waals surface area contributed by atoms with Crippen LogP contribution < -0.4 is 14.2 Å². The lowest BCUT2D eigenvalue weighted by Gasteiger charge is -2.51. The average Bonchev–Trinajstić information content (AvgIpc) is 2.69. The van der Waals surface area contributed by atoms with E-state index >= 15 is 0 Å². The zero-order valence-corrected chi connectivity index (χ0v) is 19.0. The maximum Gasteiger partial charge on any atom is 0.188 e. The summed E-state index contributed by atoms with van der Waals surface area (Å²) < 4.78 is 22.3. The molecule has 3 aliphatic rings. The van der Waals surface area contributed by atoms with Crippen molar-refractivity contribution in [2.75, 3.05) is 0 Å². The molecule has 7 heteroatoms. The van der Waals surface area contributed by atoms with Crippen molar-refractivity contribution < 1.29 is 14.2 Å². The van der Waals surface area contributed by atoms with Crippen molar-refractivity contribution in [3.63, 3.8) is 0 Å². The number of benzene rings is 3. The van der Waals surface area contributed by atoms with E-state index in [4.69, 9.17) is 14.2 Å². The molecule has 0 spiro atoms. The lowest BCUT2D eigenvalue weighted by Crippen LogP contribution is -2.50. The minimum atomic E-state index is -0.308. The van der Waals surface area contributed by atoms with Crippen molar-refractivity contribution in [1.29, 1.82) is 0 Å². The van der Waals surface area contributed by atoms with Gasteiger partial charge in [0.2, 0.25) is 0 Å². The summed E-state index contributed by atoms with van der Waals surface area (Å²) in [6.07, 6.45) is -0.925. The molecule has 28 heavy (non-hydrogen) atoms. The molecular formula is C21H12Br3NO3. The predicted molar refractivity (Wildman–Crippen MR) is 114 cm³/mol. The Morgan fingerprint density at radius 3 is 1.18 bits per heavy atom. The minimum absolute atomic E-state index is 0.308. The van der Waals surface area contributed by atoms with E-state index in [-0.39, 0.29) is 18.7 Å². The summed E-state index contributed by atoms with van der Waals surface area (Å²) in [5.41, 5.74) is 2.93. The minimum Gasteiger partial charge on any atom is -0.470 e. The molecule has 4 nitrogen and oxygen atoms in total. The third-order valence-electron chi connectivity index (χ3n) is 5.24. The van der Waals surface area contributed by atoms with Crippen molar-refractivity contribution in [3.05, 3.63) is 84.7 Å². The van der Waals surface area contributed by atoms with Crippen molar-refractivity contribution >= 4 is 47.8 Å². The first-order valence-electron chi connectivity index (χ1n) is 8.74. The Bertz CT molecular complexity index is 994. The van der Waals surface area contributed by atoms with E-state index < -0.39 is 0 Å². The standard InChI is InChI=1S/C21H12Br3NO3/c22-10-1-4-16-13(7-10)19-25-20(26-16)14-8-11(23)2-5-17(14)28-21(25)15-9-12(24)3-6-18(15)27-19/h1-9,19-21H/t19-,20-,21+/m0/s1. The highest BCUT2D eigenvalue weighted by atomic mass is 79.9. The quantitative estimate of drug-likeness (QED) is 0.298. The molecule has 3 aromatic carbocycles. The lowest BCUT2D eigenvalue weighted by molar-refractivity contribution is -0.202. The largest absolute Gasteiger partial charge is 0.470 e. The molecule has 0 aliphatic carbocycles. The molecule has 140 valence electrons. The van der Waals surface area contributed by atoms with Crippen LogP contribution in [0.4, 0.5) is 0 Å². The molecule has 0 saturated carbocycles. The molecule has 0 N–H and O–H groups in total. The second-order valence-electron chi connectivity index (χ2n) is 6.90. The highest BCUT2D eigenvalue weighted by Gasteiger charge is 2.51. The van der Waals surface area contributed by atoms with Crippen LogP contribution in [-0.2, 0) is 0 Å². The highest BCUT2D eigenvalue weighted by molar-refractivity contribution is 9.11. The van der Waals surface area contributed by atoms with Gasteiger partial charge in [-0.15, -0.1) is 0 Å². The normalized spacial score (nSPS) is 23.9. The average molecular weight is 566 g/mol. The predicted octanol–water partition coefficient (Wildman–Crippen LogP) is 6.85. The first-order valence-corrected chi connectivity index (χ1v) is 11.1. The molecule has 0 bridgehead atoms. The fraction of sp³-hybridized carbons (Fsp3) is 0.143. The van der Waals surface area contributed by atoms with Gasteiger partial charge in [0.25, 0.3) is 0 Å². The van der Waals surface area contributed by atoms with Gasteiger partial charge in [0.05, 0.1) is 16.7 Å². The van der Waals surface area contributed by atoms with Crippen LogP contribution in [0.5, 0.6) is 17.2 Å². The maximum absolute atomic E-state index is 6.47. The van der Waals surface area contributed by atoms with Gasteiger partial charge in [0, 0.05) is 13.4 Å². The van der Waals surface area contributed by atoms with Gasteiger partial charge in [0.1, 0.15) is 17.2 Å². The monoisotopic (exact) mass is 563 g/mol. The molecule has 0 saturated heterocycles. The van der Waals surface area contributed by atoms with Crippen LogP contribution in [0.15, 0.2) is 68.0 Å². The van der Waals surface area contributed by atoms with E-state index in [0.29, 0.717) is 0 Å². The molecule has 3 atom stereocenters. The second kappa shape index (κ2) is 6.23. The summed E-state index contributed by atoms with van der Waals surface area (Å²) in [6, 6.07) is 18.1. The van der Waals surface area contributed by atoms with Crippen LogP contribution in [0.1, 0.15) is 35.4 Å². The van der Waals surface area contributed by atoms with Crippen LogP contribution in [0.2, 0.25) is 0 Å². The molecule has 0 aromatic heterocycles. The number of nitrogens with zero attached hydrogens (tertiary/aromatic N) is 1. The van der Waals surface area contributed by atoms with Gasteiger partial charge in [0.15, 0.2) is 18.7 Å². The van der Waals surface area contributed by atoms with E-state index in [0.717, 1.165) is 47.4 Å². The van der Waals surface area contributed by atoms with E-state index in [1.54, 1.807) is 0 Å². The topological polar surface area (TPSA) is 30.9 Å². The van der Waals surface area contributed by atoms with E-state index in [9.17, 15) is 0 Å². The van der Waals surface area contributed by atoms with Gasteiger partial charge in [-0.05, 0) is 54.6 Å². The lowest BCUT2D eigenvalue weighted by atomic mass is 9.99. The Balaban J connectivity index is 1.61. The van der Waals surface area contributed by atoms with Crippen LogP contribution in [0.3, 0.4) is 0 Å². The van der Waals surface area contributed by atoms with Gasteiger partial charge in [-0.2, -0.15) is 4.90 Å². The number of fused-ring (bicyclic) bond motifs is 6. The Hall–Kier alpha value is -1.54. The van der Waals surface area contributed by atoms with Gasteiger partial charge in [-0.3, -0.25) is 0 Å². The Kier molecular flexibility index (Phi) is 3.85. The van der Waals surface area contributed by atoms with Crippen LogP contribution in [0.25, 0.3) is 0 Å². The Morgan fingerprint density at radius 1 is 0.536 bits per heavy atom. The van der Waals surface area contributed by atoms with Crippen molar-refractivity contribution in [3.8, 4) is 17.2 Å². The zero-order valence-electron chi connectivity index (χ0n) is 14.2. The molecule has 3 aromatic rings. The van der Waals surface area contributed by atoms with Gasteiger partial charge < -0.3 is 14.2 Å². The molecule has 6 rings (SSSR count). The number of halogens is 3. The molecule has 0 unspecified atom stereocenters. The number of ether oxygens (including phenoxy) is 3. The Labute approximate surface area is 186 Å². The van der Waals surface area contributed by atoms with Gasteiger partial charge >= 0.3 is 0 Å². The number of hydrogen-bond donors (Lipinski definition) is 0. The van der Waals surface area contributed by atoms with Gasteiger partial charge in [-0.25, -0.2) is 0 Å². The molecular weight excluding hydrogens is 554 g/mol.